The minimum Gasteiger partial charge on any atom is -0.368 e. The fraction of sp³-hybridized carbons (Fsp3) is 0.269. The fourth-order valence-electron chi connectivity index (χ4n) is 4.26. The number of nitro benzene ring substituents is 1. The number of urea groups is 1. The summed E-state index contributed by atoms with van der Waals surface area (Å²) in [4.78, 5) is 54.4. The molecule has 4 amide bonds. The molecule has 2 heterocycles. The van der Waals surface area contributed by atoms with Gasteiger partial charge in [-0.1, -0.05) is 42.5 Å². The molecule has 36 heavy (non-hydrogen) atoms. The minimum atomic E-state index is -0.740. The minimum absolute atomic E-state index is 0.149. The lowest BCUT2D eigenvalue weighted by atomic mass is 10.0. The lowest BCUT2D eigenvalue weighted by Gasteiger charge is -2.36. The van der Waals surface area contributed by atoms with Crippen LogP contribution in [0.4, 0.5) is 16.2 Å². The van der Waals surface area contributed by atoms with Gasteiger partial charge in [0.15, 0.2) is 0 Å². The van der Waals surface area contributed by atoms with Crippen LogP contribution in [0.25, 0.3) is 12.2 Å². The number of benzene rings is 2. The summed E-state index contributed by atoms with van der Waals surface area (Å²) in [5.74, 6) is -1.48. The van der Waals surface area contributed by atoms with Crippen LogP contribution < -0.4 is 4.90 Å². The number of non-ortho nitro benzene ring substituents is 1. The first-order valence-corrected chi connectivity index (χ1v) is 11.6. The van der Waals surface area contributed by atoms with Crippen molar-refractivity contribution in [3.05, 3.63) is 81.4 Å². The zero-order chi connectivity index (χ0) is 25.8. The molecule has 2 saturated heterocycles. The highest BCUT2D eigenvalue weighted by molar-refractivity contribution is 6.30. The molecule has 0 atom stereocenters. The predicted octanol–water partition coefficient (Wildman–Crippen LogP) is 2.86. The summed E-state index contributed by atoms with van der Waals surface area (Å²) in [6.45, 7) is 3.71. The topological polar surface area (TPSA) is 107 Å². The van der Waals surface area contributed by atoms with Crippen molar-refractivity contribution in [3.8, 4) is 0 Å². The first kappa shape index (κ1) is 24.8. The van der Waals surface area contributed by atoms with Crippen molar-refractivity contribution in [2.45, 2.75) is 0 Å². The number of amides is 4. The average Bonchev–Trinajstić information content (AvgIpc) is 2.90. The third kappa shape index (κ3) is 5.18. The Bertz CT molecular complexity index is 1220. The van der Waals surface area contributed by atoms with Gasteiger partial charge in [-0.25, -0.2) is 4.79 Å². The van der Waals surface area contributed by atoms with E-state index in [1.807, 2.05) is 30.3 Å². The number of imide groups is 2. The van der Waals surface area contributed by atoms with E-state index in [9.17, 15) is 24.5 Å². The van der Waals surface area contributed by atoms with Gasteiger partial charge >= 0.3 is 6.03 Å². The van der Waals surface area contributed by atoms with Gasteiger partial charge in [-0.3, -0.25) is 34.4 Å². The first-order valence-electron chi connectivity index (χ1n) is 11.6. The molecule has 2 aliphatic heterocycles. The van der Waals surface area contributed by atoms with Crippen molar-refractivity contribution in [2.24, 2.45) is 0 Å². The van der Waals surface area contributed by atoms with Crippen LogP contribution in [0, 0.1) is 10.1 Å². The van der Waals surface area contributed by atoms with Gasteiger partial charge in [-0.15, -0.1) is 0 Å². The van der Waals surface area contributed by atoms with E-state index in [1.54, 1.807) is 6.07 Å². The maximum absolute atomic E-state index is 12.7. The molecule has 4 rings (SSSR count). The number of likely N-dealkylation sites (N-methyl/N-ethyl adjacent to an activating group) is 2. The van der Waals surface area contributed by atoms with E-state index < -0.39 is 22.8 Å². The van der Waals surface area contributed by atoms with E-state index in [1.165, 1.54) is 32.3 Å². The zero-order valence-electron chi connectivity index (χ0n) is 20.2. The molecule has 2 aliphatic rings. The molecule has 2 fully saturated rings. The number of anilines is 1. The Morgan fingerprint density at radius 2 is 1.56 bits per heavy atom. The number of rotatable bonds is 6. The highest BCUT2D eigenvalue weighted by Crippen LogP contribution is 2.30. The Morgan fingerprint density at radius 1 is 0.917 bits per heavy atom. The Balaban J connectivity index is 1.54. The lowest BCUT2D eigenvalue weighted by molar-refractivity contribution is -0.384. The molecular weight excluding hydrogens is 462 g/mol. The van der Waals surface area contributed by atoms with Gasteiger partial charge in [0.05, 0.1) is 4.92 Å². The molecule has 10 nitrogen and oxygen atoms in total. The molecule has 0 radical (unpaired) electrons. The number of barbiturate groups is 1. The average molecular weight is 490 g/mol. The van der Waals surface area contributed by atoms with Gasteiger partial charge in [0, 0.05) is 70.2 Å². The molecule has 186 valence electrons. The summed E-state index contributed by atoms with van der Waals surface area (Å²) < 4.78 is 0. The van der Waals surface area contributed by atoms with Gasteiger partial charge in [-0.05, 0) is 17.7 Å². The SMILES string of the molecule is CN1C(=O)C(=Cc2cc([N+](=O)[O-])ccc2N2CCN(CC=Cc3ccccc3)CC2)C(=O)N(C)C1=O. The summed E-state index contributed by atoms with van der Waals surface area (Å²) in [5.41, 5.74) is 1.85. The van der Waals surface area contributed by atoms with E-state index in [0.29, 0.717) is 24.3 Å². The van der Waals surface area contributed by atoms with E-state index in [2.05, 4.69) is 22.0 Å². The quantitative estimate of drug-likeness (QED) is 0.266. The second-order valence-electron chi connectivity index (χ2n) is 8.67. The van der Waals surface area contributed by atoms with Crippen molar-refractivity contribution in [3.63, 3.8) is 0 Å². The van der Waals surface area contributed by atoms with Crippen LogP contribution in [0.3, 0.4) is 0 Å². The van der Waals surface area contributed by atoms with Crippen LogP contribution >= 0.6 is 0 Å². The Kier molecular flexibility index (Phi) is 7.25. The molecule has 0 N–H and O–H groups in total. The van der Waals surface area contributed by atoms with Crippen LogP contribution in [-0.4, -0.2) is 84.3 Å². The third-order valence-corrected chi connectivity index (χ3v) is 6.35. The summed E-state index contributed by atoms with van der Waals surface area (Å²) >= 11 is 0. The Labute approximate surface area is 208 Å². The molecule has 0 aliphatic carbocycles. The largest absolute Gasteiger partial charge is 0.368 e. The number of hydrogen-bond donors (Lipinski definition) is 0. The second-order valence-corrected chi connectivity index (χ2v) is 8.67. The van der Waals surface area contributed by atoms with E-state index in [0.717, 1.165) is 35.0 Å². The van der Waals surface area contributed by atoms with E-state index >= 15 is 0 Å². The summed E-state index contributed by atoms with van der Waals surface area (Å²) in [6.07, 6.45) is 5.56. The number of piperazine rings is 1. The lowest BCUT2D eigenvalue weighted by Crippen LogP contribution is -2.53. The van der Waals surface area contributed by atoms with Crippen molar-refractivity contribution >= 4 is 41.4 Å². The standard InChI is InChI=1S/C26H27N5O5/c1-27-24(32)22(25(33)28(2)26(27)34)18-20-17-21(31(35)36)10-11-23(20)30-15-13-29(14-16-30)12-6-9-19-7-4-3-5-8-19/h3-11,17-18H,12-16H2,1-2H3. The third-order valence-electron chi connectivity index (χ3n) is 6.35. The first-order chi connectivity index (χ1) is 17.3. The van der Waals surface area contributed by atoms with Gasteiger partial charge in [0.2, 0.25) is 0 Å². The molecular formula is C26H27N5O5. The number of carbonyl (C=O) groups excluding carboxylic acids is 3. The van der Waals surface area contributed by atoms with Crippen molar-refractivity contribution in [2.75, 3.05) is 51.7 Å². The van der Waals surface area contributed by atoms with Gasteiger partial charge < -0.3 is 4.90 Å². The maximum atomic E-state index is 12.7. The highest BCUT2D eigenvalue weighted by Gasteiger charge is 2.38. The smallest absolute Gasteiger partial charge is 0.333 e. The van der Waals surface area contributed by atoms with Crippen LogP contribution in [0.5, 0.6) is 0 Å². The van der Waals surface area contributed by atoms with Gasteiger partial charge in [0.25, 0.3) is 17.5 Å². The monoisotopic (exact) mass is 489 g/mol. The number of nitrogens with zero attached hydrogens (tertiary/aromatic N) is 5. The molecule has 0 spiro atoms. The molecule has 2 aromatic carbocycles. The van der Waals surface area contributed by atoms with Crippen molar-refractivity contribution in [1.82, 2.24) is 14.7 Å². The highest BCUT2D eigenvalue weighted by atomic mass is 16.6. The predicted molar refractivity (Wildman–Crippen MR) is 136 cm³/mol. The van der Waals surface area contributed by atoms with Crippen LogP contribution in [0.2, 0.25) is 0 Å². The molecule has 10 heteroatoms. The molecule has 0 bridgehead atoms. The second kappa shape index (κ2) is 10.5. The van der Waals surface area contributed by atoms with Crippen LogP contribution in [0.15, 0.2) is 60.2 Å². The van der Waals surface area contributed by atoms with Gasteiger partial charge in [-0.2, -0.15) is 0 Å². The van der Waals surface area contributed by atoms with Crippen LogP contribution in [0.1, 0.15) is 11.1 Å². The molecule has 0 unspecified atom stereocenters. The molecule has 2 aromatic rings. The fourth-order valence-corrected chi connectivity index (χ4v) is 4.26. The van der Waals surface area contributed by atoms with Crippen LogP contribution in [-0.2, 0) is 9.59 Å². The number of carbonyl (C=O) groups is 3. The number of hydrogen-bond acceptors (Lipinski definition) is 7. The van der Waals surface area contributed by atoms with E-state index in [-0.39, 0.29) is 11.3 Å². The Morgan fingerprint density at radius 3 is 2.17 bits per heavy atom. The molecule has 0 aromatic heterocycles. The maximum Gasteiger partial charge on any atom is 0.333 e. The summed E-state index contributed by atoms with van der Waals surface area (Å²) in [6, 6.07) is 13.8. The zero-order valence-corrected chi connectivity index (χ0v) is 20.2. The van der Waals surface area contributed by atoms with Gasteiger partial charge in [0.1, 0.15) is 5.57 Å². The molecule has 0 saturated carbocycles. The van der Waals surface area contributed by atoms with Crippen molar-refractivity contribution < 1.29 is 19.3 Å². The number of nitro groups is 1. The normalized spacial score (nSPS) is 17.3. The van der Waals surface area contributed by atoms with E-state index in [4.69, 9.17) is 0 Å². The summed E-state index contributed by atoms with van der Waals surface area (Å²) in [5, 5.41) is 11.4. The summed E-state index contributed by atoms with van der Waals surface area (Å²) in [7, 11) is 2.59. The Hall–Kier alpha value is -4.31. The van der Waals surface area contributed by atoms with Crippen molar-refractivity contribution in [1.29, 1.82) is 0 Å².